The second-order valence-electron chi connectivity index (χ2n) is 7.84. The summed E-state index contributed by atoms with van der Waals surface area (Å²) < 4.78 is 5.95. The summed E-state index contributed by atoms with van der Waals surface area (Å²) in [5.41, 5.74) is 12.0. The number of aromatic nitrogens is 2. The lowest BCUT2D eigenvalue weighted by Crippen LogP contribution is -2.53. The summed E-state index contributed by atoms with van der Waals surface area (Å²) in [5, 5.41) is 1.77. The van der Waals surface area contributed by atoms with Crippen molar-refractivity contribution in [3.63, 3.8) is 0 Å². The van der Waals surface area contributed by atoms with Crippen LogP contribution in [0.25, 0.3) is 11.0 Å². The molecule has 5 rings (SSSR count). The highest BCUT2D eigenvalue weighted by molar-refractivity contribution is 6.18. The molecule has 0 bridgehead atoms. The SMILES string of the molecule is NC=CC(=NC1C=CC=CC1)C1NN(c2cccc(Oc3nc4ccccc4[nH]3)c2)C=CC1=O. The largest absolute Gasteiger partial charge is 0.426 e. The number of fused-ring (bicyclic) bond motifs is 1. The molecule has 8 heteroatoms. The average Bonchev–Trinajstić information content (AvgIpc) is 3.27. The molecular weight excluding hydrogens is 428 g/mol. The minimum atomic E-state index is -0.663. The third kappa shape index (κ3) is 4.67. The van der Waals surface area contributed by atoms with Crippen LogP contribution in [0.2, 0.25) is 0 Å². The topological polar surface area (TPSA) is 109 Å². The van der Waals surface area contributed by atoms with Gasteiger partial charge in [0.2, 0.25) is 0 Å². The van der Waals surface area contributed by atoms with Crippen molar-refractivity contribution in [1.82, 2.24) is 15.4 Å². The van der Waals surface area contributed by atoms with Gasteiger partial charge >= 0.3 is 0 Å². The first kappa shape index (κ1) is 21.4. The van der Waals surface area contributed by atoms with Crippen molar-refractivity contribution in [3.8, 4) is 11.8 Å². The van der Waals surface area contributed by atoms with E-state index in [1.165, 1.54) is 12.3 Å². The van der Waals surface area contributed by atoms with E-state index in [9.17, 15) is 4.79 Å². The van der Waals surface area contributed by atoms with E-state index in [0.717, 1.165) is 23.1 Å². The number of carbonyl (C=O) groups excluding carboxylic acids is 1. The molecule has 1 aliphatic carbocycles. The number of H-pyrrole nitrogens is 1. The molecular formula is C26H24N6O2. The van der Waals surface area contributed by atoms with Crippen LogP contribution in [-0.4, -0.2) is 33.5 Å². The second-order valence-corrected chi connectivity index (χ2v) is 7.84. The first-order valence-corrected chi connectivity index (χ1v) is 11.0. The van der Waals surface area contributed by atoms with Gasteiger partial charge in [0.25, 0.3) is 6.01 Å². The molecule has 0 spiro atoms. The van der Waals surface area contributed by atoms with E-state index >= 15 is 0 Å². The van der Waals surface area contributed by atoms with Gasteiger partial charge in [-0.15, -0.1) is 0 Å². The molecule has 1 aliphatic heterocycles. The number of carbonyl (C=O) groups is 1. The highest BCUT2D eigenvalue weighted by Crippen LogP contribution is 2.26. The number of allylic oxidation sites excluding steroid dienone is 2. The van der Waals surface area contributed by atoms with Crippen molar-refractivity contribution in [2.45, 2.75) is 18.5 Å². The van der Waals surface area contributed by atoms with Crippen LogP contribution < -0.4 is 20.9 Å². The summed E-state index contributed by atoms with van der Waals surface area (Å²) in [4.78, 5) is 25.1. The number of imidazole rings is 1. The lowest BCUT2D eigenvalue weighted by atomic mass is 10.0. The molecule has 1 aromatic heterocycles. The Morgan fingerprint density at radius 1 is 1.21 bits per heavy atom. The summed E-state index contributed by atoms with van der Waals surface area (Å²) in [5.74, 6) is 0.508. The number of ketones is 1. The molecule has 2 aromatic carbocycles. The van der Waals surface area contributed by atoms with E-state index in [-0.39, 0.29) is 11.8 Å². The Morgan fingerprint density at radius 2 is 2.12 bits per heavy atom. The maximum absolute atomic E-state index is 12.7. The van der Waals surface area contributed by atoms with Crippen LogP contribution in [0, 0.1) is 0 Å². The van der Waals surface area contributed by atoms with Crippen LogP contribution in [0.15, 0.2) is 102 Å². The molecule has 8 nitrogen and oxygen atoms in total. The molecule has 0 amide bonds. The maximum Gasteiger partial charge on any atom is 0.300 e. The van der Waals surface area contributed by atoms with Crippen molar-refractivity contribution in [3.05, 3.63) is 97.4 Å². The fourth-order valence-corrected chi connectivity index (χ4v) is 3.82. The maximum atomic E-state index is 12.7. The number of para-hydroxylation sites is 2. The van der Waals surface area contributed by atoms with Gasteiger partial charge in [-0.25, -0.2) is 5.43 Å². The Kier molecular flexibility index (Phi) is 6.05. The number of benzene rings is 2. The zero-order valence-corrected chi connectivity index (χ0v) is 18.3. The lowest BCUT2D eigenvalue weighted by molar-refractivity contribution is -0.115. The Balaban J connectivity index is 1.37. The highest BCUT2D eigenvalue weighted by atomic mass is 16.5. The molecule has 34 heavy (non-hydrogen) atoms. The number of hydrogen-bond donors (Lipinski definition) is 3. The second kappa shape index (κ2) is 9.60. The number of nitrogens with two attached hydrogens (primary N) is 1. The van der Waals surface area contributed by atoms with Crippen molar-refractivity contribution >= 4 is 28.2 Å². The van der Waals surface area contributed by atoms with Crippen molar-refractivity contribution in [1.29, 1.82) is 0 Å². The number of nitrogens with zero attached hydrogens (tertiary/aromatic N) is 3. The minimum absolute atomic E-state index is 0.0364. The zero-order chi connectivity index (χ0) is 23.3. The number of hydrazine groups is 1. The number of aromatic amines is 1. The molecule has 2 unspecified atom stereocenters. The van der Waals surface area contributed by atoms with Gasteiger partial charge in [-0.1, -0.05) is 42.5 Å². The van der Waals surface area contributed by atoms with Gasteiger partial charge in [0.1, 0.15) is 11.8 Å². The van der Waals surface area contributed by atoms with Gasteiger partial charge in [0.15, 0.2) is 5.78 Å². The third-order valence-electron chi connectivity index (χ3n) is 5.45. The van der Waals surface area contributed by atoms with Crippen LogP contribution in [0.3, 0.4) is 0 Å². The highest BCUT2D eigenvalue weighted by Gasteiger charge is 2.27. The van der Waals surface area contributed by atoms with E-state index in [2.05, 4.69) is 15.4 Å². The van der Waals surface area contributed by atoms with Crippen LogP contribution in [0.5, 0.6) is 11.8 Å². The first-order chi connectivity index (χ1) is 16.7. The molecule has 3 aromatic rings. The lowest BCUT2D eigenvalue weighted by Gasteiger charge is -2.30. The van der Waals surface area contributed by atoms with E-state index in [1.807, 2.05) is 72.8 Å². The Morgan fingerprint density at radius 3 is 2.94 bits per heavy atom. The fourth-order valence-electron chi connectivity index (χ4n) is 3.82. The third-order valence-corrected chi connectivity index (χ3v) is 5.45. The Hall–Kier alpha value is -4.43. The molecule has 0 radical (unpaired) electrons. The number of nitrogens with one attached hydrogen (secondary N) is 2. The van der Waals surface area contributed by atoms with E-state index in [0.29, 0.717) is 17.5 Å². The zero-order valence-electron chi connectivity index (χ0n) is 18.3. The van der Waals surface area contributed by atoms with E-state index < -0.39 is 6.04 Å². The van der Waals surface area contributed by atoms with E-state index in [1.54, 1.807) is 17.3 Å². The van der Waals surface area contributed by atoms with Gasteiger partial charge in [-0.05, 0) is 43.0 Å². The molecule has 0 fully saturated rings. The van der Waals surface area contributed by atoms with Crippen LogP contribution in [-0.2, 0) is 4.79 Å². The summed E-state index contributed by atoms with van der Waals surface area (Å²) in [6.07, 6.45) is 15.1. The summed E-state index contributed by atoms with van der Waals surface area (Å²) >= 11 is 0. The van der Waals surface area contributed by atoms with Crippen LogP contribution in [0.4, 0.5) is 5.69 Å². The van der Waals surface area contributed by atoms with Crippen molar-refractivity contribution in [2.75, 3.05) is 5.01 Å². The Labute approximate surface area is 196 Å². The smallest absolute Gasteiger partial charge is 0.300 e. The molecule has 4 N–H and O–H groups in total. The quantitative estimate of drug-likeness (QED) is 0.489. The van der Waals surface area contributed by atoms with Gasteiger partial charge in [0, 0.05) is 18.3 Å². The standard InChI is InChI=1S/C26H24N6O2/c27-15-13-23(28-18-7-2-1-3-8-18)25-24(33)14-16-32(31-25)19-9-6-10-20(17-19)34-26-29-21-11-4-5-12-22(21)30-26/h1-7,9-18,25,31H,8,27H2,(H,29,30). The van der Waals surface area contributed by atoms with Crippen LogP contribution in [0.1, 0.15) is 6.42 Å². The van der Waals surface area contributed by atoms with Gasteiger partial charge in [-0.3, -0.25) is 14.8 Å². The predicted molar refractivity (Wildman–Crippen MR) is 134 cm³/mol. The normalized spacial score (nSPS) is 20.5. The Bertz CT molecular complexity index is 1320. The van der Waals surface area contributed by atoms with Gasteiger partial charge in [0.05, 0.1) is 28.5 Å². The molecule has 2 atom stereocenters. The van der Waals surface area contributed by atoms with Gasteiger partial charge in [-0.2, -0.15) is 4.98 Å². The van der Waals surface area contributed by atoms with Crippen LogP contribution >= 0.6 is 0 Å². The number of aliphatic imine (C=N–C) groups is 1. The predicted octanol–water partition coefficient (Wildman–Crippen LogP) is 3.93. The molecule has 0 saturated heterocycles. The van der Waals surface area contributed by atoms with E-state index in [4.69, 9.17) is 15.5 Å². The number of rotatable bonds is 6. The first-order valence-electron chi connectivity index (χ1n) is 11.0. The fraction of sp³-hybridized carbons (Fsp3) is 0.115. The number of hydrogen-bond acceptors (Lipinski definition) is 7. The van der Waals surface area contributed by atoms with Crippen molar-refractivity contribution in [2.24, 2.45) is 10.7 Å². The monoisotopic (exact) mass is 452 g/mol. The van der Waals surface area contributed by atoms with Gasteiger partial charge < -0.3 is 15.5 Å². The molecule has 2 heterocycles. The average molecular weight is 453 g/mol. The number of ether oxygens (including phenoxy) is 1. The summed E-state index contributed by atoms with van der Waals surface area (Å²) in [6.45, 7) is 0. The molecule has 2 aliphatic rings. The minimum Gasteiger partial charge on any atom is -0.426 e. The van der Waals surface area contributed by atoms with Crippen molar-refractivity contribution < 1.29 is 9.53 Å². The summed E-state index contributed by atoms with van der Waals surface area (Å²) in [6, 6.07) is 14.9. The molecule has 0 saturated carbocycles. The number of anilines is 1. The molecule has 170 valence electrons. The summed E-state index contributed by atoms with van der Waals surface area (Å²) in [7, 11) is 0.